The molecular weight excluding hydrogens is 271 g/mol. The fourth-order valence-electron chi connectivity index (χ4n) is 1.31. The SMILES string of the molecule is C=CCc1c(O[SiH](Cl)Cl)ccc(Cl)c1C. The zero-order valence-corrected chi connectivity index (χ0v) is 11.7. The summed E-state index contributed by atoms with van der Waals surface area (Å²) in [5.74, 6) is 0.707. The van der Waals surface area contributed by atoms with Gasteiger partial charge < -0.3 is 4.43 Å². The number of allylic oxidation sites excluding steroid dienone is 1. The minimum absolute atomic E-state index is 0.691. The fourth-order valence-corrected chi connectivity index (χ4v) is 2.47. The van der Waals surface area contributed by atoms with Crippen LogP contribution in [0.4, 0.5) is 0 Å². The lowest BCUT2D eigenvalue weighted by molar-refractivity contribution is 0.595. The van der Waals surface area contributed by atoms with Crippen LogP contribution in [0.3, 0.4) is 0 Å². The van der Waals surface area contributed by atoms with E-state index in [0.29, 0.717) is 17.2 Å². The molecule has 0 saturated heterocycles. The quantitative estimate of drug-likeness (QED) is 0.461. The van der Waals surface area contributed by atoms with Crippen molar-refractivity contribution >= 4 is 41.4 Å². The molecule has 0 saturated carbocycles. The molecule has 0 N–H and O–H groups in total. The second kappa shape index (κ2) is 5.80. The summed E-state index contributed by atoms with van der Waals surface area (Å²) in [5, 5.41) is 0.710. The van der Waals surface area contributed by atoms with Gasteiger partial charge in [0, 0.05) is 10.6 Å². The lowest BCUT2D eigenvalue weighted by Crippen LogP contribution is -2.08. The van der Waals surface area contributed by atoms with Gasteiger partial charge >= 0.3 is 7.66 Å². The fraction of sp³-hybridized carbons (Fsp3) is 0.200. The number of hydrogen-bond donors (Lipinski definition) is 0. The molecule has 1 aromatic rings. The summed E-state index contributed by atoms with van der Waals surface area (Å²) in [6.07, 6.45) is 2.49. The summed E-state index contributed by atoms with van der Waals surface area (Å²) >= 11 is 17.4. The third kappa shape index (κ3) is 3.42. The van der Waals surface area contributed by atoms with Gasteiger partial charge in [0.1, 0.15) is 5.75 Å². The molecule has 15 heavy (non-hydrogen) atoms. The highest BCUT2D eigenvalue weighted by molar-refractivity contribution is 7.31. The third-order valence-corrected chi connectivity index (χ3v) is 3.43. The number of benzene rings is 1. The molecule has 0 aliphatic carbocycles. The molecule has 5 heteroatoms. The highest BCUT2D eigenvalue weighted by Crippen LogP contribution is 2.29. The Bertz CT molecular complexity index is 366. The van der Waals surface area contributed by atoms with Crippen LogP contribution < -0.4 is 4.43 Å². The van der Waals surface area contributed by atoms with Crippen molar-refractivity contribution in [2.24, 2.45) is 0 Å². The predicted molar refractivity (Wildman–Crippen MR) is 69.6 cm³/mol. The van der Waals surface area contributed by atoms with Crippen LogP contribution in [0.25, 0.3) is 0 Å². The van der Waals surface area contributed by atoms with Crippen molar-refractivity contribution < 1.29 is 4.43 Å². The molecule has 0 bridgehead atoms. The maximum absolute atomic E-state index is 6.01. The summed E-state index contributed by atoms with van der Waals surface area (Å²) in [6.45, 7) is 5.63. The third-order valence-electron chi connectivity index (χ3n) is 2.05. The van der Waals surface area contributed by atoms with Crippen molar-refractivity contribution in [2.45, 2.75) is 13.3 Å². The van der Waals surface area contributed by atoms with Crippen molar-refractivity contribution in [2.75, 3.05) is 0 Å². The Morgan fingerprint density at radius 2 is 2.13 bits per heavy atom. The average molecular weight is 282 g/mol. The normalized spacial score (nSPS) is 10.5. The molecule has 0 fully saturated rings. The van der Waals surface area contributed by atoms with Crippen LogP contribution in [-0.4, -0.2) is 7.66 Å². The van der Waals surface area contributed by atoms with Crippen LogP contribution in [-0.2, 0) is 6.42 Å². The Balaban J connectivity index is 3.13. The van der Waals surface area contributed by atoms with Gasteiger partial charge in [-0.15, -0.1) is 28.7 Å². The standard InChI is InChI=1S/C10H11Cl3OSi/c1-3-4-8-7(2)9(11)5-6-10(8)14-15(12)13/h3,5-6,15H,1,4H2,2H3. The van der Waals surface area contributed by atoms with E-state index in [0.717, 1.165) is 11.1 Å². The molecule has 0 aromatic heterocycles. The summed E-state index contributed by atoms with van der Waals surface area (Å²) in [4.78, 5) is 0. The van der Waals surface area contributed by atoms with Crippen LogP contribution >= 0.6 is 33.8 Å². The Kier molecular flexibility index (Phi) is 5.00. The van der Waals surface area contributed by atoms with E-state index in [-0.39, 0.29) is 0 Å². The highest BCUT2D eigenvalue weighted by Gasteiger charge is 2.12. The second-order valence-electron chi connectivity index (χ2n) is 3.02. The number of hydrogen-bond acceptors (Lipinski definition) is 1. The van der Waals surface area contributed by atoms with Crippen LogP contribution in [0.1, 0.15) is 11.1 Å². The molecule has 0 heterocycles. The van der Waals surface area contributed by atoms with Gasteiger partial charge in [0.15, 0.2) is 0 Å². The smallest absolute Gasteiger partial charge is 0.433 e. The highest BCUT2D eigenvalue weighted by atomic mass is 35.7. The molecule has 0 unspecified atom stereocenters. The molecule has 1 rings (SSSR count). The van der Waals surface area contributed by atoms with Gasteiger partial charge in [-0.3, -0.25) is 0 Å². The van der Waals surface area contributed by atoms with Crippen LogP contribution in [0, 0.1) is 6.92 Å². The lowest BCUT2D eigenvalue weighted by atomic mass is 10.0. The van der Waals surface area contributed by atoms with Gasteiger partial charge in [-0.05, 0) is 31.0 Å². The van der Waals surface area contributed by atoms with Crippen LogP contribution in [0.15, 0.2) is 24.8 Å². The summed E-state index contributed by atoms with van der Waals surface area (Å²) in [7, 11) is -2.12. The maximum atomic E-state index is 6.01. The van der Waals surface area contributed by atoms with Crippen LogP contribution in [0.2, 0.25) is 5.02 Å². The van der Waals surface area contributed by atoms with Gasteiger partial charge in [0.25, 0.3) is 0 Å². The van der Waals surface area contributed by atoms with E-state index >= 15 is 0 Å². The predicted octanol–water partition coefficient (Wildman–Crippen LogP) is 3.95. The first-order valence-corrected chi connectivity index (χ1v) is 8.74. The second-order valence-corrected chi connectivity index (χ2v) is 7.23. The Morgan fingerprint density at radius 3 is 2.67 bits per heavy atom. The topological polar surface area (TPSA) is 9.23 Å². The molecule has 0 aliphatic heterocycles. The van der Waals surface area contributed by atoms with Gasteiger partial charge in [0.05, 0.1) is 0 Å². The zero-order valence-electron chi connectivity index (χ0n) is 8.27. The van der Waals surface area contributed by atoms with Crippen molar-refractivity contribution in [3.63, 3.8) is 0 Å². The first kappa shape index (κ1) is 12.9. The van der Waals surface area contributed by atoms with Crippen molar-refractivity contribution in [3.8, 4) is 5.75 Å². The lowest BCUT2D eigenvalue weighted by Gasteiger charge is -2.14. The molecule has 1 aromatic carbocycles. The first-order chi connectivity index (χ1) is 7.06. The van der Waals surface area contributed by atoms with Gasteiger partial charge in [0.2, 0.25) is 0 Å². The van der Waals surface area contributed by atoms with Gasteiger partial charge in [-0.2, -0.15) is 0 Å². The molecule has 0 spiro atoms. The Morgan fingerprint density at radius 1 is 1.47 bits per heavy atom. The van der Waals surface area contributed by atoms with E-state index in [1.165, 1.54) is 0 Å². The van der Waals surface area contributed by atoms with E-state index in [1.54, 1.807) is 18.2 Å². The molecule has 0 amide bonds. The average Bonchev–Trinajstić information content (AvgIpc) is 2.17. The minimum atomic E-state index is -2.12. The van der Waals surface area contributed by atoms with E-state index in [4.69, 9.17) is 38.2 Å². The van der Waals surface area contributed by atoms with E-state index in [9.17, 15) is 0 Å². The van der Waals surface area contributed by atoms with Crippen LogP contribution in [0.5, 0.6) is 5.75 Å². The Labute approximate surface area is 106 Å². The summed E-state index contributed by atoms with van der Waals surface area (Å²) < 4.78 is 5.40. The van der Waals surface area contributed by atoms with Gasteiger partial charge in [-0.1, -0.05) is 17.7 Å². The number of halogens is 3. The molecule has 0 atom stereocenters. The van der Waals surface area contributed by atoms with Crippen molar-refractivity contribution in [1.29, 1.82) is 0 Å². The largest absolute Gasteiger partial charge is 0.520 e. The minimum Gasteiger partial charge on any atom is -0.520 e. The van der Waals surface area contributed by atoms with Crippen molar-refractivity contribution in [3.05, 3.63) is 40.9 Å². The van der Waals surface area contributed by atoms with Crippen molar-refractivity contribution in [1.82, 2.24) is 0 Å². The molecule has 1 nitrogen and oxygen atoms in total. The zero-order chi connectivity index (χ0) is 11.4. The van der Waals surface area contributed by atoms with E-state index in [2.05, 4.69) is 6.58 Å². The van der Waals surface area contributed by atoms with Gasteiger partial charge in [-0.25, -0.2) is 0 Å². The first-order valence-electron chi connectivity index (χ1n) is 4.40. The Hall–Kier alpha value is -0.153. The summed E-state index contributed by atoms with van der Waals surface area (Å²) in [5.41, 5.74) is 1.98. The molecule has 0 radical (unpaired) electrons. The van der Waals surface area contributed by atoms with E-state index < -0.39 is 7.66 Å². The molecule has 0 aliphatic rings. The monoisotopic (exact) mass is 280 g/mol. The number of rotatable bonds is 4. The molecular formula is C10H11Cl3OSi. The molecule has 82 valence electrons. The van der Waals surface area contributed by atoms with E-state index in [1.807, 2.05) is 6.92 Å². The maximum Gasteiger partial charge on any atom is 0.433 e. The summed E-state index contributed by atoms with van der Waals surface area (Å²) in [6, 6.07) is 3.57.